The maximum absolute atomic E-state index is 13.0. The van der Waals surface area contributed by atoms with Gasteiger partial charge in [0.2, 0.25) is 0 Å². The molecular weight excluding hydrogens is 504 g/mol. The van der Waals surface area contributed by atoms with Crippen LogP contribution in [0, 0.1) is 11.8 Å². The predicted octanol–water partition coefficient (Wildman–Crippen LogP) is 7.24. The lowest BCUT2D eigenvalue weighted by Crippen LogP contribution is -2.30. The Morgan fingerprint density at radius 1 is 1.08 bits per heavy atom. The molecule has 1 aliphatic heterocycles. The molecule has 0 bridgehead atoms. The van der Waals surface area contributed by atoms with Gasteiger partial charge in [0.1, 0.15) is 15.9 Å². The Labute approximate surface area is 234 Å². The zero-order chi connectivity index (χ0) is 26.9. The number of thiophene rings is 1. The van der Waals surface area contributed by atoms with Crippen molar-refractivity contribution in [3.63, 3.8) is 0 Å². The Morgan fingerprint density at radius 3 is 2.72 bits per heavy atom. The Balaban J connectivity index is 1.37. The van der Waals surface area contributed by atoms with Crippen LogP contribution in [0.3, 0.4) is 0 Å². The van der Waals surface area contributed by atoms with Crippen molar-refractivity contribution in [2.45, 2.75) is 45.4 Å². The molecule has 39 heavy (non-hydrogen) atoms. The van der Waals surface area contributed by atoms with Gasteiger partial charge in [-0.3, -0.25) is 4.98 Å². The average Bonchev–Trinajstić information content (AvgIpc) is 3.53. The van der Waals surface area contributed by atoms with E-state index in [4.69, 9.17) is 4.74 Å². The molecule has 1 aliphatic carbocycles. The van der Waals surface area contributed by atoms with Crippen LogP contribution in [0.25, 0.3) is 32.7 Å². The molecule has 0 amide bonds. The van der Waals surface area contributed by atoms with Crippen LogP contribution in [0.1, 0.15) is 60.7 Å². The molecule has 2 unspecified atom stereocenters. The highest BCUT2D eigenvalue weighted by molar-refractivity contribution is 7.17. The minimum atomic E-state index is -0.242. The fourth-order valence-electron chi connectivity index (χ4n) is 6.21. The Bertz CT molecular complexity index is 1480. The first kappa shape index (κ1) is 26.0. The maximum atomic E-state index is 13.0. The molecule has 0 saturated heterocycles. The number of likely N-dealkylation sites (N-methyl/N-ethyl adjacent to an activating group) is 1. The van der Waals surface area contributed by atoms with Crippen molar-refractivity contribution in [2.75, 3.05) is 27.2 Å². The van der Waals surface area contributed by atoms with E-state index in [1.807, 2.05) is 23.0 Å². The lowest BCUT2D eigenvalue weighted by molar-refractivity contribution is 0.0606. The summed E-state index contributed by atoms with van der Waals surface area (Å²) >= 11 is 1.54. The van der Waals surface area contributed by atoms with Gasteiger partial charge in [-0.2, -0.15) is 5.10 Å². The smallest absolute Gasteiger partial charge is 0.348 e. The van der Waals surface area contributed by atoms with E-state index in [1.165, 1.54) is 44.8 Å². The zero-order valence-corrected chi connectivity index (χ0v) is 23.8. The molecule has 6 rings (SSSR count). The Morgan fingerprint density at radius 2 is 1.92 bits per heavy atom. The van der Waals surface area contributed by atoms with Gasteiger partial charge >= 0.3 is 5.97 Å². The van der Waals surface area contributed by atoms with E-state index in [0.29, 0.717) is 5.92 Å². The van der Waals surface area contributed by atoms with Crippen LogP contribution < -0.4 is 0 Å². The molecule has 3 aromatic heterocycles. The number of hydrogen-bond donors (Lipinski definition) is 0. The predicted molar refractivity (Wildman–Crippen MR) is 158 cm³/mol. The molecule has 0 spiro atoms. The number of carbonyl (C=O) groups excluding carboxylic acids is 1. The minimum Gasteiger partial charge on any atom is -0.465 e. The van der Waals surface area contributed by atoms with Crippen LogP contribution in [0.2, 0.25) is 0 Å². The fourth-order valence-corrected chi connectivity index (χ4v) is 7.32. The summed E-state index contributed by atoms with van der Waals surface area (Å²) in [5.41, 5.74) is 7.81. The number of carbonyl (C=O) groups is 1. The van der Waals surface area contributed by atoms with Gasteiger partial charge in [-0.15, -0.1) is 11.3 Å². The number of hydrogen-bond acceptors (Lipinski definition) is 6. The van der Waals surface area contributed by atoms with Crippen molar-refractivity contribution in [3.05, 3.63) is 70.9 Å². The molecule has 1 aromatic carbocycles. The number of methoxy groups -OCH3 is 1. The Hall–Kier alpha value is -3.29. The van der Waals surface area contributed by atoms with Crippen molar-refractivity contribution >= 4 is 33.9 Å². The van der Waals surface area contributed by atoms with Crippen LogP contribution in [0.4, 0.5) is 0 Å². The third-order valence-electron chi connectivity index (χ3n) is 8.44. The van der Waals surface area contributed by atoms with Gasteiger partial charge in [-0.25, -0.2) is 9.48 Å². The quantitative estimate of drug-likeness (QED) is 0.197. The average molecular weight is 541 g/mol. The van der Waals surface area contributed by atoms with Gasteiger partial charge in [-0.1, -0.05) is 38.3 Å². The van der Waals surface area contributed by atoms with Crippen LogP contribution in [0.15, 0.2) is 60.4 Å². The number of nitrogens with zero attached hydrogens (tertiary/aromatic N) is 4. The fraction of sp³-hybridized carbons (Fsp3) is 0.406. The van der Waals surface area contributed by atoms with Gasteiger partial charge < -0.3 is 9.64 Å². The topological polar surface area (TPSA) is 60.3 Å². The lowest BCUT2D eigenvalue weighted by Gasteiger charge is -2.32. The van der Waals surface area contributed by atoms with Gasteiger partial charge in [0, 0.05) is 29.7 Å². The molecular formula is C32H36N4O2S. The number of pyridine rings is 1. The highest BCUT2D eigenvalue weighted by atomic mass is 32.1. The number of rotatable bonds is 5. The molecule has 4 aromatic rings. The molecule has 4 heterocycles. The second-order valence-electron chi connectivity index (χ2n) is 11.2. The van der Waals surface area contributed by atoms with Gasteiger partial charge in [0.05, 0.1) is 19.0 Å². The molecule has 202 valence electrons. The summed E-state index contributed by atoms with van der Waals surface area (Å²) in [7, 11) is 3.70. The molecule has 0 radical (unpaired) electrons. The summed E-state index contributed by atoms with van der Waals surface area (Å²) in [5.74, 6) is 1.16. The molecule has 1 fully saturated rings. The largest absolute Gasteiger partial charge is 0.465 e. The number of benzene rings is 1. The van der Waals surface area contributed by atoms with Crippen molar-refractivity contribution in [1.29, 1.82) is 0 Å². The zero-order valence-electron chi connectivity index (χ0n) is 23.0. The highest BCUT2D eigenvalue weighted by Gasteiger charge is 2.30. The summed E-state index contributed by atoms with van der Waals surface area (Å²) in [6.07, 6.45) is 11.1. The summed E-state index contributed by atoms with van der Waals surface area (Å²) < 4.78 is 7.15. The van der Waals surface area contributed by atoms with E-state index in [1.54, 1.807) is 23.1 Å². The van der Waals surface area contributed by atoms with Gasteiger partial charge in [-0.05, 0) is 85.2 Å². The Kier molecular flexibility index (Phi) is 7.36. The molecule has 6 nitrogen and oxygen atoms in total. The van der Waals surface area contributed by atoms with Crippen molar-refractivity contribution < 1.29 is 9.53 Å². The van der Waals surface area contributed by atoms with Crippen molar-refractivity contribution in [3.8, 4) is 16.1 Å². The number of esters is 1. The second kappa shape index (κ2) is 11.1. The van der Waals surface area contributed by atoms with Crippen LogP contribution in [0.5, 0.6) is 0 Å². The molecule has 7 heteroatoms. The maximum Gasteiger partial charge on any atom is 0.348 e. The van der Waals surface area contributed by atoms with E-state index in [-0.39, 0.29) is 5.97 Å². The van der Waals surface area contributed by atoms with Crippen molar-refractivity contribution in [1.82, 2.24) is 19.7 Å². The number of aromatic nitrogens is 3. The first-order valence-corrected chi connectivity index (χ1v) is 14.9. The molecule has 2 atom stereocenters. The standard InChI is InChI=1S/C32H36N4O2S/c1-21-6-4-7-22(10-9-21)27-19-35(2)17-15-25(27)26-18-30(39-31(26)32(37)38-3)23-11-13-24(14-12-23)36-20-29-28(34-36)8-5-16-33-29/h5,8,11-14,16,18,20-22H,4,6-7,9-10,15,17,19H2,1-3H3. The summed E-state index contributed by atoms with van der Waals surface area (Å²) in [5, 5.41) is 4.65. The highest BCUT2D eigenvalue weighted by Crippen LogP contribution is 2.43. The van der Waals surface area contributed by atoms with Crippen molar-refractivity contribution in [2.24, 2.45) is 11.8 Å². The lowest BCUT2D eigenvalue weighted by atomic mass is 9.82. The first-order valence-electron chi connectivity index (χ1n) is 14.0. The van der Waals surface area contributed by atoms with Crippen LogP contribution >= 0.6 is 11.3 Å². The normalized spacial score (nSPS) is 20.8. The van der Waals surface area contributed by atoms with Crippen LogP contribution in [-0.2, 0) is 4.74 Å². The third-order valence-corrected chi connectivity index (χ3v) is 9.61. The van der Waals surface area contributed by atoms with E-state index in [9.17, 15) is 4.79 Å². The van der Waals surface area contributed by atoms with Gasteiger partial charge in [0.15, 0.2) is 0 Å². The summed E-state index contributed by atoms with van der Waals surface area (Å²) in [6.45, 7) is 4.39. The first-order chi connectivity index (χ1) is 19.0. The number of fused-ring (bicyclic) bond motifs is 1. The molecule has 1 saturated carbocycles. The molecule has 0 N–H and O–H groups in total. The molecule has 2 aliphatic rings. The van der Waals surface area contributed by atoms with E-state index in [2.05, 4.69) is 59.3 Å². The van der Waals surface area contributed by atoms with Gasteiger partial charge in [0.25, 0.3) is 0 Å². The minimum absolute atomic E-state index is 0.242. The SMILES string of the molecule is COC(=O)c1sc(-c2ccc(-n3cc4ncccc4n3)cc2)cc1C1=C(C2CCCC(C)CC2)CN(C)CC1. The summed E-state index contributed by atoms with van der Waals surface area (Å²) in [6, 6.07) is 14.5. The monoisotopic (exact) mass is 540 g/mol. The van der Waals surface area contributed by atoms with E-state index >= 15 is 0 Å². The van der Waals surface area contributed by atoms with Crippen LogP contribution in [-0.4, -0.2) is 52.9 Å². The summed E-state index contributed by atoms with van der Waals surface area (Å²) in [4.78, 5) is 21.7. The number of ether oxygens (including phenoxy) is 1. The van der Waals surface area contributed by atoms with E-state index in [0.717, 1.165) is 63.0 Å². The van der Waals surface area contributed by atoms with E-state index < -0.39 is 0 Å². The third kappa shape index (κ3) is 5.30. The second-order valence-corrected chi connectivity index (χ2v) is 12.2.